The third kappa shape index (κ3) is 3.33. The van der Waals surface area contributed by atoms with E-state index >= 15 is 0 Å². The highest BCUT2D eigenvalue weighted by atomic mass is 16.5. The lowest BCUT2D eigenvalue weighted by Gasteiger charge is -2.15. The van der Waals surface area contributed by atoms with Gasteiger partial charge < -0.3 is 16.2 Å². The minimum absolute atomic E-state index is 0.0956. The summed E-state index contributed by atoms with van der Waals surface area (Å²) in [5.74, 6) is 0.582. The Kier molecular flexibility index (Phi) is 4.60. The van der Waals surface area contributed by atoms with Crippen LogP contribution in [0, 0.1) is 6.92 Å². The average molecular weight is 300 g/mol. The molecule has 0 aliphatic carbocycles. The summed E-state index contributed by atoms with van der Waals surface area (Å²) in [5.41, 5.74) is 13.2. The van der Waals surface area contributed by atoms with Gasteiger partial charge in [0.05, 0.1) is 17.0 Å². The SMILES string of the molecule is Cc1nc(N)nc(COc2ccccc2C(C)C)c1C(N)=O. The van der Waals surface area contributed by atoms with Crippen LogP contribution in [0.25, 0.3) is 0 Å². The number of rotatable bonds is 5. The average Bonchev–Trinajstić information content (AvgIpc) is 2.44. The number of para-hydroxylation sites is 1. The lowest BCUT2D eigenvalue weighted by atomic mass is 10.0. The van der Waals surface area contributed by atoms with Crippen molar-refractivity contribution in [3.05, 3.63) is 46.8 Å². The number of benzene rings is 1. The van der Waals surface area contributed by atoms with E-state index in [0.29, 0.717) is 17.3 Å². The number of ether oxygens (including phenoxy) is 1. The summed E-state index contributed by atoms with van der Waals surface area (Å²) in [6, 6.07) is 7.75. The predicted octanol–water partition coefficient (Wildman–Crippen LogP) is 2.17. The van der Waals surface area contributed by atoms with E-state index in [4.69, 9.17) is 16.2 Å². The molecule has 0 unspecified atom stereocenters. The Hall–Kier alpha value is -2.63. The number of hydrogen-bond acceptors (Lipinski definition) is 5. The zero-order chi connectivity index (χ0) is 16.3. The van der Waals surface area contributed by atoms with Gasteiger partial charge in [-0.2, -0.15) is 0 Å². The molecule has 0 bridgehead atoms. The first-order chi connectivity index (χ1) is 10.4. The topological polar surface area (TPSA) is 104 Å². The number of aryl methyl sites for hydroxylation is 1. The molecular formula is C16H20N4O2. The standard InChI is InChI=1S/C16H20N4O2/c1-9(2)11-6-4-5-7-13(11)22-8-12-14(15(17)21)10(3)19-16(18)20-12/h4-7,9H,8H2,1-3H3,(H2,17,21)(H2,18,19,20). The monoisotopic (exact) mass is 300 g/mol. The highest BCUT2D eigenvalue weighted by Crippen LogP contribution is 2.27. The minimum Gasteiger partial charge on any atom is -0.487 e. The van der Waals surface area contributed by atoms with Gasteiger partial charge in [-0.25, -0.2) is 9.97 Å². The molecule has 2 rings (SSSR count). The van der Waals surface area contributed by atoms with Gasteiger partial charge in [-0.1, -0.05) is 32.0 Å². The molecule has 0 fully saturated rings. The minimum atomic E-state index is -0.590. The summed E-state index contributed by atoms with van der Waals surface area (Å²) in [6.07, 6.45) is 0. The van der Waals surface area contributed by atoms with Gasteiger partial charge in [0, 0.05) is 0 Å². The number of amides is 1. The molecule has 116 valence electrons. The fourth-order valence-electron chi connectivity index (χ4n) is 2.32. The van der Waals surface area contributed by atoms with E-state index in [9.17, 15) is 4.79 Å². The Bertz CT molecular complexity index is 699. The molecule has 6 nitrogen and oxygen atoms in total. The maximum absolute atomic E-state index is 11.6. The fourth-order valence-corrected chi connectivity index (χ4v) is 2.32. The van der Waals surface area contributed by atoms with E-state index in [1.807, 2.05) is 24.3 Å². The van der Waals surface area contributed by atoms with Crippen molar-refractivity contribution in [1.29, 1.82) is 0 Å². The van der Waals surface area contributed by atoms with E-state index in [1.165, 1.54) is 0 Å². The smallest absolute Gasteiger partial charge is 0.252 e. The van der Waals surface area contributed by atoms with E-state index in [1.54, 1.807) is 6.92 Å². The molecule has 4 N–H and O–H groups in total. The molecule has 6 heteroatoms. The number of anilines is 1. The number of carbonyl (C=O) groups excluding carboxylic acids is 1. The highest BCUT2D eigenvalue weighted by molar-refractivity contribution is 5.95. The van der Waals surface area contributed by atoms with E-state index < -0.39 is 5.91 Å². The zero-order valence-electron chi connectivity index (χ0n) is 13.0. The van der Waals surface area contributed by atoms with Gasteiger partial charge in [0.25, 0.3) is 5.91 Å². The van der Waals surface area contributed by atoms with Crippen molar-refractivity contribution in [3.63, 3.8) is 0 Å². The van der Waals surface area contributed by atoms with Crippen LogP contribution in [-0.4, -0.2) is 15.9 Å². The Labute approximate surface area is 129 Å². The Morgan fingerprint density at radius 3 is 2.59 bits per heavy atom. The Morgan fingerprint density at radius 2 is 1.95 bits per heavy atom. The van der Waals surface area contributed by atoms with Crippen LogP contribution in [0.4, 0.5) is 5.95 Å². The van der Waals surface area contributed by atoms with E-state index in [-0.39, 0.29) is 18.1 Å². The van der Waals surface area contributed by atoms with Crippen LogP contribution < -0.4 is 16.2 Å². The molecule has 0 saturated carbocycles. The first kappa shape index (κ1) is 15.8. The van der Waals surface area contributed by atoms with Crippen LogP contribution in [0.5, 0.6) is 5.75 Å². The molecule has 0 saturated heterocycles. The largest absolute Gasteiger partial charge is 0.487 e. The fraction of sp³-hybridized carbons (Fsp3) is 0.312. The maximum atomic E-state index is 11.6. The quantitative estimate of drug-likeness (QED) is 0.880. The van der Waals surface area contributed by atoms with Crippen molar-refractivity contribution in [2.75, 3.05) is 5.73 Å². The van der Waals surface area contributed by atoms with Crippen LogP contribution in [0.3, 0.4) is 0 Å². The van der Waals surface area contributed by atoms with Gasteiger partial charge in [-0.05, 0) is 24.5 Å². The lowest BCUT2D eigenvalue weighted by Crippen LogP contribution is -2.20. The molecule has 22 heavy (non-hydrogen) atoms. The summed E-state index contributed by atoms with van der Waals surface area (Å²) in [5, 5.41) is 0. The molecule has 0 atom stereocenters. The summed E-state index contributed by atoms with van der Waals surface area (Å²) in [7, 11) is 0. The second-order valence-corrected chi connectivity index (χ2v) is 5.33. The Balaban J connectivity index is 2.31. The van der Waals surface area contributed by atoms with Crippen LogP contribution in [0.1, 0.15) is 47.1 Å². The second kappa shape index (κ2) is 6.43. The summed E-state index contributed by atoms with van der Waals surface area (Å²) < 4.78 is 5.83. The first-order valence-electron chi connectivity index (χ1n) is 7.04. The van der Waals surface area contributed by atoms with E-state index in [0.717, 1.165) is 11.3 Å². The van der Waals surface area contributed by atoms with Crippen LogP contribution in [-0.2, 0) is 6.61 Å². The zero-order valence-corrected chi connectivity index (χ0v) is 13.0. The third-order valence-corrected chi connectivity index (χ3v) is 3.33. The number of carbonyl (C=O) groups is 1. The second-order valence-electron chi connectivity index (χ2n) is 5.33. The number of nitrogens with zero attached hydrogens (tertiary/aromatic N) is 2. The van der Waals surface area contributed by atoms with Crippen LogP contribution >= 0.6 is 0 Å². The highest BCUT2D eigenvalue weighted by Gasteiger charge is 2.17. The predicted molar refractivity (Wildman–Crippen MR) is 84.6 cm³/mol. The first-order valence-corrected chi connectivity index (χ1v) is 7.04. The van der Waals surface area contributed by atoms with Crippen molar-refractivity contribution >= 4 is 11.9 Å². The van der Waals surface area contributed by atoms with Crippen molar-refractivity contribution < 1.29 is 9.53 Å². The van der Waals surface area contributed by atoms with Gasteiger partial charge in [-0.3, -0.25) is 4.79 Å². The third-order valence-electron chi connectivity index (χ3n) is 3.33. The van der Waals surface area contributed by atoms with Crippen molar-refractivity contribution in [1.82, 2.24) is 9.97 Å². The molecule has 0 aliphatic rings. The molecule has 1 heterocycles. The van der Waals surface area contributed by atoms with Gasteiger partial charge in [0.1, 0.15) is 12.4 Å². The van der Waals surface area contributed by atoms with Gasteiger partial charge in [0.15, 0.2) is 0 Å². The number of primary amides is 1. The molecule has 2 aromatic rings. The molecule has 1 amide bonds. The maximum Gasteiger partial charge on any atom is 0.252 e. The number of nitrogens with two attached hydrogens (primary N) is 2. The lowest BCUT2D eigenvalue weighted by molar-refractivity contribution is 0.0996. The summed E-state index contributed by atoms with van der Waals surface area (Å²) >= 11 is 0. The van der Waals surface area contributed by atoms with Crippen LogP contribution in [0.15, 0.2) is 24.3 Å². The van der Waals surface area contributed by atoms with Crippen LogP contribution in [0.2, 0.25) is 0 Å². The van der Waals surface area contributed by atoms with E-state index in [2.05, 4.69) is 23.8 Å². The van der Waals surface area contributed by atoms with Crippen molar-refractivity contribution in [2.45, 2.75) is 33.3 Å². The van der Waals surface area contributed by atoms with Crippen molar-refractivity contribution in [2.24, 2.45) is 5.73 Å². The van der Waals surface area contributed by atoms with Gasteiger partial charge in [0.2, 0.25) is 5.95 Å². The molecule has 1 aromatic carbocycles. The number of hydrogen-bond donors (Lipinski definition) is 2. The summed E-state index contributed by atoms with van der Waals surface area (Å²) in [4.78, 5) is 19.6. The molecule has 1 aromatic heterocycles. The number of aromatic nitrogens is 2. The number of nitrogen functional groups attached to an aromatic ring is 1. The van der Waals surface area contributed by atoms with Crippen molar-refractivity contribution in [3.8, 4) is 5.75 Å². The normalized spacial score (nSPS) is 10.7. The van der Waals surface area contributed by atoms with Gasteiger partial charge in [-0.15, -0.1) is 0 Å². The molecule has 0 aliphatic heterocycles. The molecule has 0 radical (unpaired) electrons. The molecule has 0 spiro atoms. The Morgan fingerprint density at radius 1 is 1.27 bits per heavy atom. The summed E-state index contributed by atoms with van der Waals surface area (Å²) in [6.45, 7) is 5.95. The molecular weight excluding hydrogens is 280 g/mol. The van der Waals surface area contributed by atoms with Gasteiger partial charge >= 0.3 is 0 Å².